The Morgan fingerprint density at radius 1 is 1.29 bits per heavy atom. The maximum Gasteiger partial charge on any atom is 0.323 e. The first-order chi connectivity index (χ1) is 9.95. The van der Waals surface area contributed by atoms with E-state index in [9.17, 15) is 9.18 Å². The molecule has 0 aliphatic heterocycles. The number of aryl methyl sites for hydroxylation is 1. The Bertz CT molecular complexity index is 660. The Hall–Kier alpha value is -2.07. The number of halogens is 2. The van der Waals surface area contributed by atoms with Crippen molar-refractivity contribution in [1.82, 2.24) is 0 Å². The summed E-state index contributed by atoms with van der Waals surface area (Å²) in [6.07, 6.45) is 0. The summed E-state index contributed by atoms with van der Waals surface area (Å²) in [6.45, 7) is 1.89. The first-order valence-electron chi connectivity index (χ1n) is 6.43. The normalized spacial score (nSPS) is 10.4. The average molecular weight is 308 g/mol. The highest BCUT2D eigenvalue weighted by molar-refractivity contribution is 6.30. The molecule has 0 aromatic heterocycles. The van der Waals surface area contributed by atoms with Gasteiger partial charge in [-0.25, -0.2) is 4.39 Å². The molecule has 0 atom stereocenters. The van der Waals surface area contributed by atoms with Crippen molar-refractivity contribution in [1.29, 1.82) is 0 Å². The zero-order valence-electron chi connectivity index (χ0n) is 11.5. The third kappa shape index (κ3) is 4.20. The van der Waals surface area contributed by atoms with Crippen molar-refractivity contribution in [3.8, 4) is 0 Å². The first-order valence-corrected chi connectivity index (χ1v) is 6.81. The van der Waals surface area contributed by atoms with Gasteiger partial charge in [0.2, 0.25) is 0 Å². The molecule has 0 unspecified atom stereocenters. The fourth-order valence-corrected chi connectivity index (χ4v) is 2.28. The molecule has 0 aliphatic carbocycles. The molecule has 0 saturated heterocycles. The van der Waals surface area contributed by atoms with E-state index in [1.165, 1.54) is 6.07 Å². The van der Waals surface area contributed by atoms with Gasteiger partial charge in [0.05, 0.1) is 0 Å². The standard InChI is InChI=1S/C16H15ClFNO2/c1-11-7-12(5-6-15(11)18)9-19(10-16(20)21)14-4-2-3-13(17)8-14/h2-8H,9-10H2,1H3,(H,20,21). The van der Waals surface area contributed by atoms with Gasteiger partial charge in [0.25, 0.3) is 0 Å². The molecule has 2 aromatic rings. The van der Waals surface area contributed by atoms with Crippen LogP contribution in [-0.2, 0) is 11.3 Å². The van der Waals surface area contributed by atoms with Crippen LogP contribution in [-0.4, -0.2) is 17.6 Å². The van der Waals surface area contributed by atoms with E-state index < -0.39 is 5.97 Å². The predicted molar refractivity (Wildman–Crippen MR) is 81.3 cm³/mol. The first kappa shape index (κ1) is 15.3. The van der Waals surface area contributed by atoms with Crippen molar-refractivity contribution in [3.05, 3.63) is 64.4 Å². The van der Waals surface area contributed by atoms with E-state index >= 15 is 0 Å². The van der Waals surface area contributed by atoms with Gasteiger partial charge in [-0.05, 0) is 42.3 Å². The molecule has 0 fully saturated rings. The van der Waals surface area contributed by atoms with E-state index in [1.54, 1.807) is 48.2 Å². The van der Waals surface area contributed by atoms with Gasteiger partial charge in [0, 0.05) is 17.3 Å². The number of hydrogen-bond acceptors (Lipinski definition) is 2. The molecule has 0 bridgehead atoms. The lowest BCUT2D eigenvalue weighted by Gasteiger charge is -2.23. The van der Waals surface area contributed by atoms with Gasteiger partial charge in [0.1, 0.15) is 12.4 Å². The van der Waals surface area contributed by atoms with Gasteiger partial charge in [-0.1, -0.05) is 29.8 Å². The molecule has 2 aromatic carbocycles. The molecule has 0 aliphatic rings. The van der Waals surface area contributed by atoms with Crippen LogP contribution in [0.2, 0.25) is 5.02 Å². The van der Waals surface area contributed by atoms with Crippen molar-refractivity contribution in [2.75, 3.05) is 11.4 Å². The van der Waals surface area contributed by atoms with Crippen molar-refractivity contribution in [2.24, 2.45) is 0 Å². The van der Waals surface area contributed by atoms with Crippen LogP contribution in [0.15, 0.2) is 42.5 Å². The molecule has 0 heterocycles. The van der Waals surface area contributed by atoms with Crippen molar-refractivity contribution in [2.45, 2.75) is 13.5 Å². The quantitative estimate of drug-likeness (QED) is 0.911. The molecule has 3 nitrogen and oxygen atoms in total. The summed E-state index contributed by atoms with van der Waals surface area (Å²) in [4.78, 5) is 12.7. The Morgan fingerprint density at radius 3 is 2.67 bits per heavy atom. The number of nitrogens with zero attached hydrogens (tertiary/aromatic N) is 1. The number of benzene rings is 2. The zero-order chi connectivity index (χ0) is 15.4. The molecule has 1 N–H and O–H groups in total. The number of anilines is 1. The molecular formula is C16H15ClFNO2. The maximum absolute atomic E-state index is 13.3. The fourth-order valence-electron chi connectivity index (χ4n) is 2.10. The number of rotatable bonds is 5. The summed E-state index contributed by atoms with van der Waals surface area (Å²) >= 11 is 5.95. The highest BCUT2D eigenvalue weighted by Crippen LogP contribution is 2.22. The summed E-state index contributed by atoms with van der Waals surface area (Å²) in [5.74, 6) is -1.21. The molecule has 0 amide bonds. The lowest BCUT2D eigenvalue weighted by molar-refractivity contribution is -0.135. The predicted octanol–water partition coefficient (Wildman–Crippen LogP) is 3.88. The number of hydrogen-bond donors (Lipinski definition) is 1. The van der Waals surface area contributed by atoms with Crippen molar-refractivity contribution >= 4 is 23.3 Å². The summed E-state index contributed by atoms with van der Waals surface area (Å²) in [7, 11) is 0. The smallest absolute Gasteiger partial charge is 0.323 e. The highest BCUT2D eigenvalue weighted by Gasteiger charge is 2.12. The molecule has 2 rings (SSSR count). The van der Waals surface area contributed by atoms with E-state index in [1.807, 2.05) is 0 Å². The number of carbonyl (C=O) groups is 1. The second-order valence-corrected chi connectivity index (χ2v) is 5.25. The second-order valence-electron chi connectivity index (χ2n) is 4.81. The number of carboxylic acids is 1. The van der Waals surface area contributed by atoms with Crippen LogP contribution < -0.4 is 4.90 Å². The Morgan fingerprint density at radius 2 is 2.05 bits per heavy atom. The summed E-state index contributed by atoms with van der Waals surface area (Å²) < 4.78 is 13.3. The Kier molecular flexibility index (Phi) is 4.81. The van der Waals surface area contributed by atoms with Crippen LogP contribution >= 0.6 is 11.6 Å². The molecule has 21 heavy (non-hydrogen) atoms. The summed E-state index contributed by atoms with van der Waals surface area (Å²) in [6, 6.07) is 11.8. The molecule has 5 heteroatoms. The van der Waals surface area contributed by atoms with Crippen LogP contribution in [0, 0.1) is 12.7 Å². The van der Waals surface area contributed by atoms with Gasteiger partial charge in [-0.15, -0.1) is 0 Å². The van der Waals surface area contributed by atoms with Crippen LogP contribution in [0.25, 0.3) is 0 Å². The summed E-state index contributed by atoms with van der Waals surface area (Å²) in [5.41, 5.74) is 2.09. The molecule has 0 saturated carbocycles. The van der Waals surface area contributed by atoms with Crippen LogP contribution in [0.1, 0.15) is 11.1 Å². The third-order valence-corrected chi connectivity index (χ3v) is 3.33. The lowest BCUT2D eigenvalue weighted by Crippen LogP contribution is -2.29. The van der Waals surface area contributed by atoms with Gasteiger partial charge in [0.15, 0.2) is 0 Å². The lowest BCUT2D eigenvalue weighted by atomic mass is 10.1. The molecular weight excluding hydrogens is 293 g/mol. The fraction of sp³-hybridized carbons (Fsp3) is 0.188. The monoisotopic (exact) mass is 307 g/mol. The van der Waals surface area contributed by atoms with Crippen molar-refractivity contribution in [3.63, 3.8) is 0 Å². The number of aliphatic carboxylic acids is 1. The van der Waals surface area contributed by atoms with Crippen LogP contribution in [0.5, 0.6) is 0 Å². The largest absolute Gasteiger partial charge is 0.480 e. The number of carboxylic acid groups (broad SMARTS) is 1. The molecule has 110 valence electrons. The summed E-state index contributed by atoms with van der Waals surface area (Å²) in [5, 5.41) is 9.60. The van der Waals surface area contributed by atoms with E-state index in [-0.39, 0.29) is 12.4 Å². The van der Waals surface area contributed by atoms with Gasteiger partial charge >= 0.3 is 5.97 Å². The Labute approximate surface area is 127 Å². The van der Waals surface area contributed by atoms with Gasteiger partial charge < -0.3 is 10.0 Å². The van der Waals surface area contributed by atoms with Crippen LogP contribution in [0.3, 0.4) is 0 Å². The van der Waals surface area contributed by atoms with Gasteiger partial charge in [-0.2, -0.15) is 0 Å². The average Bonchev–Trinajstić information content (AvgIpc) is 2.42. The van der Waals surface area contributed by atoms with Gasteiger partial charge in [-0.3, -0.25) is 4.79 Å². The van der Waals surface area contributed by atoms with E-state index in [0.717, 1.165) is 5.56 Å². The minimum atomic E-state index is -0.936. The minimum absolute atomic E-state index is 0.156. The third-order valence-electron chi connectivity index (χ3n) is 3.10. The SMILES string of the molecule is Cc1cc(CN(CC(=O)O)c2cccc(Cl)c2)ccc1F. The van der Waals surface area contributed by atoms with E-state index in [2.05, 4.69) is 0 Å². The minimum Gasteiger partial charge on any atom is -0.480 e. The zero-order valence-corrected chi connectivity index (χ0v) is 12.3. The molecule has 0 spiro atoms. The maximum atomic E-state index is 13.3. The van der Waals surface area contributed by atoms with E-state index in [0.29, 0.717) is 22.8 Å². The topological polar surface area (TPSA) is 40.5 Å². The van der Waals surface area contributed by atoms with Crippen LogP contribution in [0.4, 0.5) is 10.1 Å². The Balaban J connectivity index is 2.27. The molecule has 0 radical (unpaired) electrons. The highest BCUT2D eigenvalue weighted by atomic mass is 35.5. The van der Waals surface area contributed by atoms with E-state index in [4.69, 9.17) is 16.7 Å². The second kappa shape index (κ2) is 6.59. The van der Waals surface area contributed by atoms with Crippen molar-refractivity contribution < 1.29 is 14.3 Å².